The molecular formula is C12H15Cl3N2O. The second-order valence-corrected chi connectivity index (χ2v) is 4.96. The molecule has 0 aromatic heterocycles. The van der Waals surface area contributed by atoms with Crippen molar-refractivity contribution < 1.29 is 4.79 Å². The van der Waals surface area contributed by atoms with Crippen molar-refractivity contribution in [1.29, 1.82) is 0 Å². The Hall–Kier alpha value is -0.480. The van der Waals surface area contributed by atoms with Gasteiger partial charge in [0.1, 0.15) is 0 Å². The molecule has 0 saturated carbocycles. The molecule has 1 amide bonds. The van der Waals surface area contributed by atoms with Gasteiger partial charge >= 0.3 is 0 Å². The van der Waals surface area contributed by atoms with Gasteiger partial charge in [0.05, 0.1) is 16.8 Å². The lowest BCUT2D eigenvalue weighted by molar-refractivity contribution is -0.118. The number of benzene rings is 1. The summed E-state index contributed by atoms with van der Waals surface area (Å²) in [5, 5.41) is 7.02. The highest BCUT2D eigenvalue weighted by atomic mass is 35.5. The Morgan fingerprint density at radius 1 is 1.33 bits per heavy atom. The fourth-order valence-electron chi connectivity index (χ4n) is 1.89. The summed E-state index contributed by atoms with van der Waals surface area (Å²) in [6.45, 7) is 0.895. The molecule has 1 aliphatic rings. The second-order valence-electron chi connectivity index (χ2n) is 4.12. The summed E-state index contributed by atoms with van der Waals surface area (Å²) in [5.41, 5.74) is 0.605. The molecule has 0 bridgehead atoms. The van der Waals surface area contributed by atoms with Gasteiger partial charge in [-0.25, -0.2) is 0 Å². The number of carbonyl (C=O) groups is 1. The highest BCUT2D eigenvalue weighted by Crippen LogP contribution is 2.25. The van der Waals surface area contributed by atoms with Gasteiger partial charge < -0.3 is 10.6 Å². The molecule has 100 valence electrons. The highest BCUT2D eigenvalue weighted by Gasteiger charge is 2.20. The summed E-state index contributed by atoms with van der Waals surface area (Å²) >= 11 is 11.8. The van der Waals surface area contributed by atoms with Crippen molar-refractivity contribution in [3.63, 3.8) is 0 Å². The van der Waals surface area contributed by atoms with E-state index >= 15 is 0 Å². The number of halogens is 3. The number of rotatable bonds is 2. The molecule has 1 atom stereocenters. The molecule has 2 N–H and O–H groups in total. The molecule has 1 heterocycles. The molecule has 0 radical (unpaired) electrons. The Bertz CT molecular complexity index is 420. The maximum Gasteiger partial charge on any atom is 0.241 e. The van der Waals surface area contributed by atoms with E-state index in [1.54, 1.807) is 18.2 Å². The van der Waals surface area contributed by atoms with Gasteiger partial charge in [-0.2, -0.15) is 0 Å². The van der Waals surface area contributed by atoms with E-state index in [1.807, 2.05) is 0 Å². The van der Waals surface area contributed by atoms with Crippen LogP contribution in [-0.2, 0) is 4.79 Å². The first kappa shape index (κ1) is 15.6. The van der Waals surface area contributed by atoms with Crippen LogP contribution in [0.2, 0.25) is 10.0 Å². The molecule has 1 saturated heterocycles. The Labute approximate surface area is 123 Å². The standard InChI is InChI=1S/C12H14Cl2N2O.ClH/c13-8-4-5-10(9(14)7-8)16-12(17)11-3-1-2-6-15-11;/h4-5,7,11,15H,1-3,6H2,(H,16,17);1H. The minimum atomic E-state index is -0.115. The van der Waals surface area contributed by atoms with Gasteiger partial charge in [-0.3, -0.25) is 4.79 Å². The normalized spacial score (nSPS) is 18.9. The Balaban J connectivity index is 0.00000162. The molecule has 2 rings (SSSR count). The van der Waals surface area contributed by atoms with Gasteiger partial charge in [-0.15, -0.1) is 12.4 Å². The molecular weight excluding hydrogens is 295 g/mol. The first-order chi connectivity index (χ1) is 8.16. The van der Waals surface area contributed by atoms with Crippen molar-refractivity contribution >= 4 is 47.2 Å². The fourth-order valence-corrected chi connectivity index (χ4v) is 2.34. The van der Waals surface area contributed by atoms with Crippen LogP contribution in [-0.4, -0.2) is 18.5 Å². The van der Waals surface area contributed by atoms with Crippen LogP contribution < -0.4 is 10.6 Å². The summed E-state index contributed by atoms with van der Waals surface area (Å²) in [6, 6.07) is 4.92. The molecule has 1 aliphatic heterocycles. The number of hydrogen-bond acceptors (Lipinski definition) is 2. The van der Waals surface area contributed by atoms with Crippen LogP contribution in [0.4, 0.5) is 5.69 Å². The van der Waals surface area contributed by atoms with Crippen molar-refractivity contribution in [3.05, 3.63) is 28.2 Å². The Morgan fingerprint density at radius 3 is 2.72 bits per heavy atom. The van der Waals surface area contributed by atoms with Crippen LogP contribution in [0.5, 0.6) is 0 Å². The number of anilines is 1. The maximum absolute atomic E-state index is 11.9. The largest absolute Gasteiger partial charge is 0.323 e. The smallest absolute Gasteiger partial charge is 0.241 e. The number of piperidine rings is 1. The SMILES string of the molecule is Cl.O=C(Nc1ccc(Cl)cc1Cl)C1CCCCN1. The van der Waals surface area contributed by atoms with Crippen LogP contribution in [0, 0.1) is 0 Å². The average molecular weight is 310 g/mol. The molecule has 0 spiro atoms. The van der Waals surface area contributed by atoms with Gasteiger partial charge in [0.2, 0.25) is 5.91 Å². The lowest BCUT2D eigenvalue weighted by Gasteiger charge is -2.22. The van der Waals surface area contributed by atoms with E-state index in [0.717, 1.165) is 25.8 Å². The van der Waals surface area contributed by atoms with Crippen molar-refractivity contribution in [3.8, 4) is 0 Å². The minimum absolute atomic E-state index is 0. The topological polar surface area (TPSA) is 41.1 Å². The molecule has 1 fully saturated rings. The third-order valence-corrected chi connectivity index (χ3v) is 3.36. The van der Waals surface area contributed by atoms with E-state index in [0.29, 0.717) is 15.7 Å². The minimum Gasteiger partial charge on any atom is -0.323 e. The van der Waals surface area contributed by atoms with Crippen molar-refractivity contribution in [2.75, 3.05) is 11.9 Å². The predicted molar refractivity (Wildman–Crippen MR) is 78.0 cm³/mol. The van der Waals surface area contributed by atoms with E-state index in [4.69, 9.17) is 23.2 Å². The summed E-state index contributed by atoms with van der Waals surface area (Å²) in [4.78, 5) is 11.9. The van der Waals surface area contributed by atoms with E-state index in [-0.39, 0.29) is 24.4 Å². The van der Waals surface area contributed by atoms with Crippen LogP contribution in [0.1, 0.15) is 19.3 Å². The third kappa shape index (κ3) is 4.02. The molecule has 6 heteroatoms. The lowest BCUT2D eigenvalue weighted by atomic mass is 10.0. The van der Waals surface area contributed by atoms with Gasteiger partial charge in [0.25, 0.3) is 0 Å². The van der Waals surface area contributed by atoms with Crippen molar-refractivity contribution in [2.24, 2.45) is 0 Å². The monoisotopic (exact) mass is 308 g/mol. The molecule has 0 aliphatic carbocycles. The maximum atomic E-state index is 11.9. The molecule has 18 heavy (non-hydrogen) atoms. The highest BCUT2D eigenvalue weighted by molar-refractivity contribution is 6.36. The average Bonchev–Trinajstić information content (AvgIpc) is 2.34. The molecule has 1 unspecified atom stereocenters. The zero-order valence-corrected chi connectivity index (χ0v) is 12.0. The molecule has 1 aromatic carbocycles. The molecule has 3 nitrogen and oxygen atoms in total. The van der Waals surface area contributed by atoms with Gasteiger partial charge in [-0.05, 0) is 37.6 Å². The Morgan fingerprint density at radius 2 is 2.11 bits per heavy atom. The number of nitrogens with one attached hydrogen (secondary N) is 2. The zero-order chi connectivity index (χ0) is 12.3. The van der Waals surface area contributed by atoms with E-state index < -0.39 is 0 Å². The lowest BCUT2D eigenvalue weighted by Crippen LogP contribution is -2.43. The van der Waals surface area contributed by atoms with Crippen LogP contribution in [0.15, 0.2) is 18.2 Å². The third-order valence-electron chi connectivity index (χ3n) is 2.82. The summed E-state index contributed by atoms with van der Waals surface area (Å²) in [6.07, 6.45) is 3.09. The van der Waals surface area contributed by atoms with Gasteiger partial charge in [-0.1, -0.05) is 29.6 Å². The van der Waals surface area contributed by atoms with E-state index in [9.17, 15) is 4.79 Å². The van der Waals surface area contributed by atoms with E-state index in [2.05, 4.69) is 10.6 Å². The van der Waals surface area contributed by atoms with Gasteiger partial charge in [0, 0.05) is 5.02 Å². The fraction of sp³-hybridized carbons (Fsp3) is 0.417. The number of amides is 1. The summed E-state index contributed by atoms with van der Waals surface area (Å²) in [5.74, 6) is -0.0334. The van der Waals surface area contributed by atoms with Crippen LogP contribution >= 0.6 is 35.6 Å². The summed E-state index contributed by atoms with van der Waals surface area (Å²) < 4.78 is 0. The number of hydrogen-bond donors (Lipinski definition) is 2. The Kier molecular flexibility index (Phi) is 6.22. The number of carbonyl (C=O) groups excluding carboxylic acids is 1. The summed E-state index contributed by atoms with van der Waals surface area (Å²) in [7, 11) is 0. The quantitative estimate of drug-likeness (QED) is 0.878. The van der Waals surface area contributed by atoms with E-state index in [1.165, 1.54) is 0 Å². The van der Waals surface area contributed by atoms with Crippen molar-refractivity contribution in [2.45, 2.75) is 25.3 Å². The van der Waals surface area contributed by atoms with Crippen molar-refractivity contribution in [1.82, 2.24) is 5.32 Å². The zero-order valence-electron chi connectivity index (χ0n) is 9.71. The van der Waals surface area contributed by atoms with Crippen LogP contribution in [0.25, 0.3) is 0 Å². The second kappa shape index (κ2) is 7.19. The predicted octanol–water partition coefficient (Wildman–Crippen LogP) is 3.50. The first-order valence-corrected chi connectivity index (χ1v) is 6.42. The van der Waals surface area contributed by atoms with Gasteiger partial charge in [0.15, 0.2) is 0 Å². The van der Waals surface area contributed by atoms with Crippen LogP contribution in [0.3, 0.4) is 0 Å². The first-order valence-electron chi connectivity index (χ1n) is 5.66. The molecule has 1 aromatic rings.